The van der Waals surface area contributed by atoms with Gasteiger partial charge in [-0.05, 0) is 49.3 Å². The summed E-state index contributed by atoms with van der Waals surface area (Å²) in [6, 6.07) is 10.9. The Bertz CT molecular complexity index is 779. The van der Waals surface area contributed by atoms with Gasteiger partial charge in [0.1, 0.15) is 11.8 Å². The molecule has 1 fully saturated rings. The zero-order valence-electron chi connectivity index (χ0n) is 15.8. The average molecular weight is 387 g/mol. The van der Waals surface area contributed by atoms with Crippen molar-refractivity contribution >= 4 is 23.6 Å². The Hall–Kier alpha value is -2.21. The van der Waals surface area contributed by atoms with Gasteiger partial charge in [0.25, 0.3) is 5.91 Å². The van der Waals surface area contributed by atoms with Crippen LogP contribution in [0.25, 0.3) is 11.3 Å². The maximum Gasteiger partial charge on any atom is 0.287 e. The molecule has 5 nitrogen and oxygen atoms in total. The Morgan fingerprint density at radius 1 is 1.07 bits per heavy atom. The van der Waals surface area contributed by atoms with E-state index in [1.54, 1.807) is 30.9 Å². The lowest BCUT2D eigenvalue weighted by atomic mass is 9.83. The number of carbonyl (C=O) groups excluding carboxylic acids is 2. The molecule has 0 aliphatic heterocycles. The number of carbonyl (C=O) groups is 2. The fraction of sp³-hybridized carbons (Fsp3) is 0.429. The number of benzene rings is 1. The SMILES string of the molecule is CNC(=O)[C@@H](NC(=O)c1ccc(-c2ccc(SC)cc2)o1)C1CCCCC1. The van der Waals surface area contributed by atoms with E-state index in [0.29, 0.717) is 5.76 Å². The summed E-state index contributed by atoms with van der Waals surface area (Å²) < 4.78 is 5.76. The predicted molar refractivity (Wildman–Crippen MR) is 108 cm³/mol. The molecular weight excluding hydrogens is 360 g/mol. The molecule has 1 heterocycles. The smallest absolute Gasteiger partial charge is 0.287 e. The summed E-state index contributed by atoms with van der Waals surface area (Å²) in [6.07, 6.45) is 7.35. The molecule has 27 heavy (non-hydrogen) atoms. The number of rotatable bonds is 6. The van der Waals surface area contributed by atoms with Crippen molar-refractivity contribution in [2.24, 2.45) is 5.92 Å². The van der Waals surface area contributed by atoms with Crippen LogP contribution in [0.3, 0.4) is 0 Å². The lowest BCUT2D eigenvalue weighted by molar-refractivity contribution is -0.124. The lowest BCUT2D eigenvalue weighted by Crippen LogP contribution is -2.50. The summed E-state index contributed by atoms with van der Waals surface area (Å²) in [7, 11) is 1.60. The van der Waals surface area contributed by atoms with Crippen molar-refractivity contribution in [1.82, 2.24) is 10.6 Å². The second-order valence-electron chi connectivity index (χ2n) is 6.86. The highest BCUT2D eigenvalue weighted by atomic mass is 32.2. The van der Waals surface area contributed by atoms with Crippen LogP contribution in [-0.4, -0.2) is 31.2 Å². The molecule has 0 radical (unpaired) electrons. The Labute approximate surface area is 164 Å². The van der Waals surface area contributed by atoms with Gasteiger partial charge in [-0.1, -0.05) is 31.4 Å². The van der Waals surface area contributed by atoms with Gasteiger partial charge in [0, 0.05) is 17.5 Å². The Balaban J connectivity index is 1.72. The normalized spacial score (nSPS) is 15.9. The minimum atomic E-state index is -0.516. The molecule has 2 aromatic rings. The molecule has 1 aliphatic rings. The first kappa shape index (κ1) is 19.5. The van der Waals surface area contributed by atoms with Gasteiger partial charge >= 0.3 is 0 Å². The van der Waals surface area contributed by atoms with Crippen LogP contribution in [0.4, 0.5) is 0 Å². The predicted octanol–water partition coefficient (Wildman–Crippen LogP) is 4.09. The molecule has 6 heteroatoms. The van der Waals surface area contributed by atoms with Gasteiger partial charge in [-0.25, -0.2) is 0 Å². The van der Waals surface area contributed by atoms with Gasteiger partial charge in [0.15, 0.2) is 5.76 Å². The third-order valence-electron chi connectivity index (χ3n) is 5.14. The van der Waals surface area contributed by atoms with Gasteiger partial charge in [-0.2, -0.15) is 0 Å². The van der Waals surface area contributed by atoms with E-state index < -0.39 is 6.04 Å². The molecule has 0 unspecified atom stereocenters. The molecule has 2 amide bonds. The van der Waals surface area contributed by atoms with Gasteiger partial charge in [0.2, 0.25) is 5.91 Å². The van der Waals surface area contributed by atoms with Gasteiger partial charge in [0.05, 0.1) is 0 Å². The van der Waals surface area contributed by atoms with Crippen LogP contribution in [0.5, 0.6) is 0 Å². The minimum Gasteiger partial charge on any atom is -0.451 e. The van der Waals surface area contributed by atoms with Gasteiger partial charge in [-0.15, -0.1) is 11.8 Å². The number of furan rings is 1. The van der Waals surface area contributed by atoms with Gasteiger partial charge in [-0.3, -0.25) is 9.59 Å². The van der Waals surface area contributed by atoms with Crippen molar-refractivity contribution in [3.63, 3.8) is 0 Å². The van der Waals surface area contributed by atoms with Crippen LogP contribution in [0.15, 0.2) is 45.7 Å². The van der Waals surface area contributed by atoms with Crippen LogP contribution in [0.1, 0.15) is 42.7 Å². The maximum atomic E-state index is 12.7. The number of thioether (sulfide) groups is 1. The molecular formula is C21H26N2O3S. The highest BCUT2D eigenvalue weighted by Crippen LogP contribution is 2.28. The second-order valence-corrected chi connectivity index (χ2v) is 7.74. The van der Waals surface area contributed by atoms with Crippen molar-refractivity contribution in [3.05, 3.63) is 42.2 Å². The summed E-state index contributed by atoms with van der Waals surface area (Å²) in [5.74, 6) is 0.553. The van der Waals surface area contributed by atoms with Crippen LogP contribution < -0.4 is 10.6 Å². The minimum absolute atomic E-state index is 0.144. The molecule has 1 atom stereocenters. The first-order chi connectivity index (χ1) is 13.1. The highest BCUT2D eigenvalue weighted by molar-refractivity contribution is 7.98. The number of nitrogens with one attached hydrogen (secondary N) is 2. The standard InChI is InChI=1S/C21H26N2O3S/c1-22-21(25)19(15-6-4-3-5-7-15)23-20(24)18-13-12-17(26-18)14-8-10-16(27-2)11-9-14/h8-13,15,19H,3-7H2,1-2H3,(H,22,25)(H,23,24)/t19-/m0/s1. The molecule has 0 spiro atoms. The van der Waals surface area contributed by atoms with E-state index in [1.807, 2.05) is 30.5 Å². The number of likely N-dealkylation sites (N-methyl/N-ethyl adjacent to an activating group) is 1. The fourth-order valence-electron chi connectivity index (χ4n) is 3.60. The average Bonchev–Trinajstić information content (AvgIpc) is 3.22. The Morgan fingerprint density at radius 2 is 1.78 bits per heavy atom. The van der Waals surface area contributed by atoms with E-state index in [1.165, 1.54) is 11.3 Å². The third kappa shape index (κ3) is 4.75. The fourth-order valence-corrected chi connectivity index (χ4v) is 4.01. The summed E-state index contributed by atoms with van der Waals surface area (Å²) in [4.78, 5) is 26.2. The maximum absolute atomic E-state index is 12.7. The molecule has 1 aliphatic carbocycles. The van der Waals surface area contributed by atoms with E-state index in [2.05, 4.69) is 10.6 Å². The van der Waals surface area contributed by atoms with Crippen molar-refractivity contribution in [2.45, 2.75) is 43.0 Å². The quantitative estimate of drug-likeness (QED) is 0.734. The summed E-state index contributed by atoms with van der Waals surface area (Å²) in [5.41, 5.74) is 0.919. The first-order valence-electron chi connectivity index (χ1n) is 9.39. The van der Waals surface area contributed by atoms with E-state index >= 15 is 0 Å². The van der Waals surface area contributed by atoms with E-state index in [-0.39, 0.29) is 23.5 Å². The molecule has 2 N–H and O–H groups in total. The molecule has 0 bridgehead atoms. The van der Waals surface area contributed by atoms with Crippen molar-refractivity contribution < 1.29 is 14.0 Å². The largest absolute Gasteiger partial charge is 0.451 e. The second kappa shape index (κ2) is 9.13. The zero-order chi connectivity index (χ0) is 19.2. The lowest BCUT2D eigenvalue weighted by Gasteiger charge is -2.29. The molecule has 1 aromatic heterocycles. The molecule has 1 aromatic carbocycles. The molecule has 3 rings (SSSR count). The number of hydrogen-bond donors (Lipinski definition) is 2. The molecule has 144 valence electrons. The highest BCUT2D eigenvalue weighted by Gasteiger charge is 2.31. The van der Waals surface area contributed by atoms with E-state index in [9.17, 15) is 9.59 Å². The third-order valence-corrected chi connectivity index (χ3v) is 5.88. The first-order valence-corrected chi connectivity index (χ1v) is 10.6. The molecule has 0 saturated heterocycles. The van der Waals surface area contributed by atoms with E-state index in [0.717, 1.165) is 31.2 Å². The summed E-state index contributed by atoms with van der Waals surface area (Å²) in [6.45, 7) is 0. The number of amides is 2. The zero-order valence-corrected chi connectivity index (χ0v) is 16.6. The molecule has 1 saturated carbocycles. The topological polar surface area (TPSA) is 71.3 Å². The summed E-state index contributed by atoms with van der Waals surface area (Å²) in [5, 5.41) is 5.56. The Morgan fingerprint density at radius 3 is 2.41 bits per heavy atom. The number of hydrogen-bond acceptors (Lipinski definition) is 4. The van der Waals surface area contributed by atoms with Crippen LogP contribution in [-0.2, 0) is 4.79 Å². The van der Waals surface area contributed by atoms with Gasteiger partial charge < -0.3 is 15.1 Å². The monoisotopic (exact) mass is 386 g/mol. The van der Waals surface area contributed by atoms with E-state index in [4.69, 9.17) is 4.42 Å². The van der Waals surface area contributed by atoms with Crippen LogP contribution in [0.2, 0.25) is 0 Å². The summed E-state index contributed by atoms with van der Waals surface area (Å²) >= 11 is 1.68. The van der Waals surface area contributed by atoms with Crippen molar-refractivity contribution in [2.75, 3.05) is 13.3 Å². The van der Waals surface area contributed by atoms with Crippen molar-refractivity contribution in [1.29, 1.82) is 0 Å². The Kier molecular flexibility index (Phi) is 6.61. The van der Waals surface area contributed by atoms with Crippen molar-refractivity contribution in [3.8, 4) is 11.3 Å². The van der Waals surface area contributed by atoms with Crippen LogP contribution >= 0.6 is 11.8 Å². The van der Waals surface area contributed by atoms with Crippen LogP contribution in [0, 0.1) is 5.92 Å².